The van der Waals surface area contributed by atoms with Crippen LogP contribution < -0.4 is 0 Å². The normalized spacial score (nSPS) is 9.79. The Kier molecular flexibility index (Phi) is 4.05. The summed E-state index contributed by atoms with van der Waals surface area (Å²) in [5.41, 5.74) is 1.99. The van der Waals surface area contributed by atoms with Crippen LogP contribution in [0.1, 0.15) is 16.8 Å². The minimum Gasteiger partial charge on any atom is -0.390 e. The van der Waals surface area contributed by atoms with Crippen LogP contribution in [0.5, 0.6) is 0 Å². The molecule has 0 unspecified atom stereocenters. The second kappa shape index (κ2) is 5.32. The van der Waals surface area contributed by atoms with E-state index >= 15 is 0 Å². The van der Waals surface area contributed by atoms with E-state index in [1.807, 2.05) is 6.07 Å². The second-order valence-electron chi connectivity index (χ2n) is 2.84. The summed E-state index contributed by atoms with van der Waals surface area (Å²) in [5.74, 6) is 0. The van der Waals surface area contributed by atoms with E-state index in [2.05, 4.69) is 4.98 Å². The molecule has 0 radical (unpaired) electrons. The monoisotopic (exact) mass is 192 g/mol. The molecule has 1 aromatic rings. The molecule has 0 spiro atoms. The molecule has 0 fully saturated rings. The van der Waals surface area contributed by atoms with Crippen molar-refractivity contribution in [3.63, 3.8) is 0 Å². The van der Waals surface area contributed by atoms with Gasteiger partial charge in [0.15, 0.2) is 0 Å². The molecule has 0 atom stereocenters. The van der Waals surface area contributed by atoms with Gasteiger partial charge in [-0.05, 0) is 18.1 Å². The van der Waals surface area contributed by atoms with E-state index in [0.717, 1.165) is 5.56 Å². The van der Waals surface area contributed by atoms with Gasteiger partial charge < -0.3 is 9.84 Å². The zero-order valence-electron chi connectivity index (χ0n) is 8.03. The molecule has 4 nitrogen and oxygen atoms in total. The van der Waals surface area contributed by atoms with Gasteiger partial charge >= 0.3 is 0 Å². The summed E-state index contributed by atoms with van der Waals surface area (Å²) in [6.07, 6.45) is 2.12. The van der Waals surface area contributed by atoms with Crippen molar-refractivity contribution >= 4 is 0 Å². The maximum absolute atomic E-state index is 9.00. The number of aromatic nitrogens is 1. The number of aliphatic hydroxyl groups is 1. The van der Waals surface area contributed by atoms with Crippen LogP contribution in [-0.4, -0.2) is 23.8 Å². The van der Waals surface area contributed by atoms with E-state index in [9.17, 15) is 0 Å². The Morgan fingerprint density at radius 1 is 1.64 bits per heavy atom. The van der Waals surface area contributed by atoms with Crippen LogP contribution in [0.15, 0.2) is 12.3 Å². The SMILES string of the molecule is COCCc1cc(C#N)cnc1CO. The van der Waals surface area contributed by atoms with Crippen LogP contribution in [0.4, 0.5) is 0 Å². The first-order valence-corrected chi connectivity index (χ1v) is 4.29. The van der Waals surface area contributed by atoms with Crippen LogP contribution in [-0.2, 0) is 17.8 Å². The van der Waals surface area contributed by atoms with E-state index in [1.54, 1.807) is 13.2 Å². The largest absolute Gasteiger partial charge is 0.390 e. The highest BCUT2D eigenvalue weighted by molar-refractivity contribution is 5.32. The Labute approximate surface area is 82.8 Å². The number of methoxy groups -OCH3 is 1. The lowest BCUT2D eigenvalue weighted by Crippen LogP contribution is -2.02. The molecular formula is C10H12N2O2. The number of hydrogen-bond donors (Lipinski definition) is 1. The number of rotatable bonds is 4. The standard InChI is InChI=1S/C10H12N2O2/c1-14-3-2-9-4-8(5-11)6-12-10(9)7-13/h4,6,13H,2-3,7H2,1H3. The third-order valence-electron chi connectivity index (χ3n) is 1.91. The van der Waals surface area contributed by atoms with E-state index in [1.165, 1.54) is 6.20 Å². The van der Waals surface area contributed by atoms with Crippen LogP contribution in [0.25, 0.3) is 0 Å². The van der Waals surface area contributed by atoms with Crippen molar-refractivity contribution in [1.82, 2.24) is 4.98 Å². The summed E-state index contributed by atoms with van der Waals surface area (Å²) in [4.78, 5) is 3.99. The molecule has 1 aromatic heterocycles. The number of aliphatic hydroxyl groups excluding tert-OH is 1. The lowest BCUT2D eigenvalue weighted by molar-refractivity contribution is 0.201. The van der Waals surface area contributed by atoms with Crippen molar-refractivity contribution in [2.24, 2.45) is 0 Å². The second-order valence-corrected chi connectivity index (χ2v) is 2.84. The van der Waals surface area contributed by atoms with E-state index < -0.39 is 0 Å². The molecule has 0 bridgehead atoms. The smallest absolute Gasteiger partial charge is 0.101 e. The molecule has 14 heavy (non-hydrogen) atoms. The van der Waals surface area contributed by atoms with Crippen LogP contribution in [0, 0.1) is 11.3 Å². The molecule has 0 aliphatic carbocycles. The number of nitrogens with zero attached hydrogens (tertiary/aromatic N) is 2. The Morgan fingerprint density at radius 2 is 2.43 bits per heavy atom. The Hall–Kier alpha value is -1.44. The topological polar surface area (TPSA) is 66.1 Å². The average molecular weight is 192 g/mol. The Morgan fingerprint density at radius 3 is 3.00 bits per heavy atom. The molecule has 74 valence electrons. The zero-order valence-corrected chi connectivity index (χ0v) is 8.03. The molecule has 1 N–H and O–H groups in total. The maximum atomic E-state index is 9.00. The van der Waals surface area contributed by atoms with Crippen molar-refractivity contribution in [1.29, 1.82) is 5.26 Å². The van der Waals surface area contributed by atoms with Gasteiger partial charge in [-0.15, -0.1) is 0 Å². The van der Waals surface area contributed by atoms with E-state index in [4.69, 9.17) is 15.1 Å². The summed E-state index contributed by atoms with van der Waals surface area (Å²) < 4.78 is 4.93. The van der Waals surface area contributed by atoms with Crippen LogP contribution >= 0.6 is 0 Å². The van der Waals surface area contributed by atoms with Crippen molar-refractivity contribution < 1.29 is 9.84 Å². The Bertz CT molecular complexity index is 344. The van der Waals surface area contributed by atoms with Crippen molar-refractivity contribution in [2.45, 2.75) is 13.0 Å². The predicted molar refractivity (Wildman–Crippen MR) is 50.5 cm³/mol. The number of pyridine rings is 1. The molecule has 4 heteroatoms. The summed E-state index contributed by atoms with van der Waals surface area (Å²) in [7, 11) is 1.61. The van der Waals surface area contributed by atoms with E-state index in [0.29, 0.717) is 24.3 Å². The Balaban J connectivity index is 2.91. The third kappa shape index (κ3) is 2.52. The number of hydrogen-bond acceptors (Lipinski definition) is 4. The predicted octanol–water partition coefficient (Wildman–Crippen LogP) is 0.634. The quantitative estimate of drug-likeness (QED) is 0.760. The molecule has 0 aliphatic rings. The van der Waals surface area contributed by atoms with Gasteiger partial charge in [-0.25, -0.2) is 0 Å². The van der Waals surface area contributed by atoms with Gasteiger partial charge in [0.05, 0.1) is 24.5 Å². The van der Waals surface area contributed by atoms with Crippen LogP contribution in [0.2, 0.25) is 0 Å². The fourth-order valence-corrected chi connectivity index (χ4v) is 1.17. The highest BCUT2D eigenvalue weighted by atomic mass is 16.5. The fraction of sp³-hybridized carbons (Fsp3) is 0.400. The molecule has 0 amide bonds. The van der Waals surface area contributed by atoms with Crippen LogP contribution in [0.3, 0.4) is 0 Å². The number of ether oxygens (including phenoxy) is 1. The average Bonchev–Trinajstić information content (AvgIpc) is 2.25. The first kappa shape index (κ1) is 10.6. The van der Waals surface area contributed by atoms with Gasteiger partial charge in [0, 0.05) is 13.3 Å². The highest BCUT2D eigenvalue weighted by Crippen LogP contribution is 2.09. The van der Waals surface area contributed by atoms with Crippen molar-refractivity contribution in [2.75, 3.05) is 13.7 Å². The molecule has 1 rings (SSSR count). The molecule has 0 saturated heterocycles. The van der Waals surface area contributed by atoms with Gasteiger partial charge in [0.25, 0.3) is 0 Å². The van der Waals surface area contributed by atoms with E-state index in [-0.39, 0.29) is 6.61 Å². The zero-order chi connectivity index (χ0) is 10.4. The van der Waals surface area contributed by atoms with Gasteiger partial charge in [0.2, 0.25) is 0 Å². The lowest BCUT2D eigenvalue weighted by atomic mass is 10.1. The molecule has 0 aromatic carbocycles. The van der Waals surface area contributed by atoms with Gasteiger partial charge in [-0.3, -0.25) is 4.98 Å². The first-order valence-electron chi connectivity index (χ1n) is 4.29. The van der Waals surface area contributed by atoms with Crippen molar-refractivity contribution in [3.8, 4) is 6.07 Å². The fourth-order valence-electron chi connectivity index (χ4n) is 1.17. The summed E-state index contributed by atoms with van der Waals surface area (Å²) in [6.45, 7) is 0.453. The third-order valence-corrected chi connectivity index (χ3v) is 1.91. The maximum Gasteiger partial charge on any atom is 0.101 e. The lowest BCUT2D eigenvalue weighted by Gasteiger charge is -2.05. The summed E-state index contributed by atoms with van der Waals surface area (Å²) in [6, 6.07) is 3.74. The molecule has 0 saturated carbocycles. The molecular weight excluding hydrogens is 180 g/mol. The van der Waals surface area contributed by atoms with Gasteiger partial charge in [-0.1, -0.05) is 0 Å². The summed E-state index contributed by atoms with van der Waals surface area (Å²) in [5, 5.41) is 17.7. The molecule has 0 aliphatic heterocycles. The first-order chi connectivity index (χ1) is 6.81. The highest BCUT2D eigenvalue weighted by Gasteiger charge is 2.04. The minimum absolute atomic E-state index is 0.106. The van der Waals surface area contributed by atoms with Crippen molar-refractivity contribution in [3.05, 3.63) is 29.1 Å². The van der Waals surface area contributed by atoms with Gasteiger partial charge in [-0.2, -0.15) is 5.26 Å². The number of nitriles is 1. The summed E-state index contributed by atoms with van der Waals surface area (Å²) >= 11 is 0. The minimum atomic E-state index is -0.106. The van der Waals surface area contributed by atoms with Gasteiger partial charge in [0.1, 0.15) is 6.07 Å². The molecule has 1 heterocycles.